The monoisotopic (exact) mass is 360 g/mol. The summed E-state index contributed by atoms with van der Waals surface area (Å²) in [6, 6.07) is 7.93. The summed E-state index contributed by atoms with van der Waals surface area (Å²) in [5.74, 6) is 0.837. The van der Waals surface area contributed by atoms with Gasteiger partial charge in [-0.2, -0.15) is 0 Å². The normalized spacial score (nSPS) is 16.8. The standard InChI is InChI=1S/C19H24N2O3S/c1-14-4-6-17(7-5-14)24-12-19-21-15(13-25-19)11-18(22)20-9-8-16-3-2-10-23-16/h4-7,13,16H,2-3,8-12H2,1H3,(H,20,22). The van der Waals surface area contributed by atoms with Crippen molar-refractivity contribution in [3.8, 4) is 5.75 Å². The zero-order valence-corrected chi connectivity index (χ0v) is 15.3. The van der Waals surface area contributed by atoms with E-state index in [1.54, 1.807) is 0 Å². The summed E-state index contributed by atoms with van der Waals surface area (Å²) in [6.07, 6.45) is 3.74. The highest BCUT2D eigenvalue weighted by molar-refractivity contribution is 7.09. The van der Waals surface area contributed by atoms with Gasteiger partial charge in [0.25, 0.3) is 0 Å². The Morgan fingerprint density at radius 2 is 2.24 bits per heavy atom. The van der Waals surface area contributed by atoms with Crippen LogP contribution in [0.4, 0.5) is 0 Å². The number of carbonyl (C=O) groups excluding carboxylic acids is 1. The molecule has 1 unspecified atom stereocenters. The van der Waals surface area contributed by atoms with E-state index in [0.29, 0.717) is 25.7 Å². The Labute approximate surface area is 152 Å². The van der Waals surface area contributed by atoms with Crippen molar-refractivity contribution < 1.29 is 14.3 Å². The average molecular weight is 360 g/mol. The van der Waals surface area contributed by atoms with E-state index < -0.39 is 0 Å². The fourth-order valence-electron chi connectivity index (χ4n) is 2.75. The minimum atomic E-state index is 0.00861. The topological polar surface area (TPSA) is 60.5 Å². The van der Waals surface area contributed by atoms with Crippen molar-refractivity contribution in [1.29, 1.82) is 0 Å². The van der Waals surface area contributed by atoms with E-state index in [0.717, 1.165) is 42.3 Å². The number of benzene rings is 1. The number of nitrogens with zero attached hydrogens (tertiary/aromatic N) is 1. The molecule has 1 atom stereocenters. The van der Waals surface area contributed by atoms with E-state index in [1.165, 1.54) is 16.9 Å². The van der Waals surface area contributed by atoms with Gasteiger partial charge in [-0.25, -0.2) is 4.98 Å². The second kappa shape index (κ2) is 8.97. The van der Waals surface area contributed by atoms with Crippen molar-refractivity contribution in [3.63, 3.8) is 0 Å². The van der Waals surface area contributed by atoms with Gasteiger partial charge in [0, 0.05) is 18.5 Å². The number of amides is 1. The first-order chi connectivity index (χ1) is 12.2. The van der Waals surface area contributed by atoms with Crippen molar-refractivity contribution >= 4 is 17.2 Å². The third-order valence-corrected chi connectivity index (χ3v) is 5.01. The number of hydrogen-bond donors (Lipinski definition) is 1. The van der Waals surface area contributed by atoms with E-state index >= 15 is 0 Å². The van der Waals surface area contributed by atoms with Crippen LogP contribution in [0.3, 0.4) is 0 Å². The van der Waals surface area contributed by atoms with Gasteiger partial charge in [0.15, 0.2) is 0 Å². The molecule has 25 heavy (non-hydrogen) atoms. The minimum absolute atomic E-state index is 0.00861. The van der Waals surface area contributed by atoms with Gasteiger partial charge in [-0.3, -0.25) is 4.79 Å². The molecular formula is C19H24N2O3S. The maximum absolute atomic E-state index is 12.0. The molecule has 5 nitrogen and oxygen atoms in total. The molecule has 3 rings (SSSR count). The molecule has 1 saturated heterocycles. The summed E-state index contributed by atoms with van der Waals surface area (Å²) in [7, 11) is 0. The first-order valence-electron chi connectivity index (χ1n) is 8.70. The van der Waals surface area contributed by atoms with Crippen LogP contribution in [0.15, 0.2) is 29.6 Å². The summed E-state index contributed by atoms with van der Waals surface area (Å²) in [5.41, 5.74) is 2.00. The van der Waals surface area contributed by atoms with Crippen LogP contribution in [-0.2, 0) is 22.6 Å². The van der Waals surface area contributed by atoms with E-state index in [-0.39, 0.29) is 5.91 Å². The number of carbonyl (C=O) groups is 1. The maximum Gasteiger partial charge on any atom is 0.226 e. The number of ether oxygens (including phenoxy) is 2. The van der Waals surface area contributed by atoms with Crippen LogP contribution >= 0.6 is 11.3 Å². The largest absolute Gasteiger partial charge is 0.486 e. The Balaban J connectivity index is 1.38. The predicted octanol–water partition coefficient (Wildman–Crippen LogP) is 3.26. The van der Waals surface area contributed by atoms with Crippen molar-refractivity contribution in [3.05, 3.63) is 45.9 Å². The van der Waals surface area contributed by atoms with Gasteiger partial charge in [-0.1, -0.05) is 17.7 Å². The molecule has 0 bridgehead atoms. The molecule has 0 saturated carbocycles. The Kier molecular flexibility index (Phi) is 6.42. The third kappa shape index (κ3) is 5.83. The maximum atomic E-state index is 12.0. The molecule has 2 aromatic rings. The molecule has 1 aliphatic rings. The second-order valence-corrected chi connectivity index (χ2v) is 7.23. The summed E-state index contributed by atoms with van der Waals surface area (Å²) < 4.78 is 11.3. The lowest BCUT2D eigenvalue weighted by Gasteiger charge is -2.09. The fourth-order valence-corrected chi connectivity index (χ4v) is 3.45. The quantitative estimate of drug-likeness (QED) is 0.785. The van der Waals surface area contributed by atoms with Crippen LogP contribution < -0.4 is 10.1 Å². The zero-order chi connectivity index (χ0) is 17.5. The molecule has 1 fully saturated rings. The summed E-state index contributed by atoms with van der Waals surface area (Å²) in [6.45, 7) is 3.99. The lowest BCUT2D eigenvalue weighted by atomic mass is 10.2. The zero-order valence-electron chi connectivity index (χ0n) is 14.5. The average Bonchev–Trinajstić information content (AvgIpc) is 3.26. The SMILES string of the molecule is Cc1ccc(OCc2nc(CC(=O)NCCC3CCCO3)cs2)cc1. The number of hydrogen-bond acceptors (Lipinski definition) is 5. The van der Waals surface area contributed by atoms with Gasteiger partial charge in [-0.15, -0.1) is 11.3 Å². The Morgan fingerprint density at radius 3 is 3.00 bits per heavy atom. The van der Waals surface area contributed by atoms with E-state index in [2.05, 4.69) is 10.3 Å². The lowest BCUT2D eigenvalue weighted by molar-refractivity contribution is -0.120. The van der Waals surface area contributed by atoms with E-state index in [1.807, 2.05) is 36.6 Å². The predicted molar refractivity (Wildman–Crippen MR) is 97.9 cm³/mol. The van der Waals surface area contributed by atoms with E-state index in [9.17, 15) is 4.79 Å². The first-order valence-corrected chi connectivity index (χ1v) is 9.58. The lowest BCUT2D eigenvalue weighted by Crippen LogP contribution is -2.28. The molecule has 1 aromatic carbocycles. The van der Waals surface area contributed by atoms with Crippen LogP contribution in [0, 0.1) is 6.92 Å². The highest BCUT2D eigenvalue weighted by Crippen LogP contribution is 2.17. The summed E-state index contributed by atoms with van der Waals surface area (Å²) >= 11 is 1.52. The molecule has 1 aliphatic heterocycles. The first kappa shape index (κ1) is 17.9. The van der Waals surface area contributed by atoms with Crippen molar-refractivity contribution in [2.45, 2.75) is 45.3 Å². The van der Waals surface area contributed by atoms with Crippen molar-refractivity contribution in [2.24, 2.45) is 0 Å². The molecular weight excluding hydrogens is 336 g/mol. The highest BCUT2D eigenvalue weighted by Gasteiger charge is 2.15. The number of aryl methyl sites for hydroxylation is 1. The van der Waals surface area contributed by atoms with Gasteiger partial charge >= 0.3 is 0 Å². The van der Waals surface area contributed by atoms with E-state index in [4.69, 9.17) is 9.47 Å². The molecule has 1 amide bonds. The Hall–Kier alpha value is -1.92. The van der Waals surface area contributed by atoms with Crippen LogP contribution in [0.5, 0.6) is 5.75 Å². The van der Waals surface area contributed by atoms with Gasteiger partial charge in [0.05, 0.1) is 18.2 Å². The highest BCUT2D eigenvalue weighted by atomic mass is 32.1. The van der Waals surface area contributed by atoms with Crippen molar-refractivity contribution in [1.82, 2.24) is 10.3 Å². The molecule has 134 valence electrons. The van der Waals surface area contributed by atoms with Gasteiger partial charge in [0.1, 0.15) is 17.4 Å². The molecule has 0 aliphatic carbocycles. The van der Waals surface area contributed by atoms with Crippen LogP contribution in [0.1, 0.15) is 35.5 Å². The van der Waals surface area contributed by atoms with Crippen LogP contribution in [0.25, 0.3) is 0 Å². The minimum Gasteiger partial charge on any atom is -0.486 e. The second-order valence-electron chi connectivity index (χ2n) is 6.28. The summed E-state index contributed by atoms with van der Waals surface area (Å²) in [5, 5.41) is 5.75. The Morgan fingerprint density at radius 1 is 1.40 bits per heavy atom. The van der Waals surface area contributed by atoms with Gasteiger partial charge in [0.2, 0.25) is 5.91 Å². The van der Waals surface area contributed by atoms with Crippen LogP contribution in [-0.4, -0.2) is 30.1 Å². The number of nitrogens with one attached hydrogen (secondary N) is 1. The summed E-state index contributed by atoms with van der Waals surface area (Å²) in [4.78, 5) is 16.5. The van der Waals surface area contributed by atoms with Crippen molar-refractivity contribution in [2.75, 3.05) is 13.2 Å². The number of aromatic nitrogens is 1. The smallest absolute Gasteiger partial charge is 0.226 e. The molecule has 1 aromatic heterocycles. The van der Waals surface area contributed by atoms with Gasteiger partial charge < -0.3 is 14.8 Å². The molecule has 2 heterocycles. The van der Waals surface area contributed by atoms with Gasteiger partial charge in [-0.05, 0) is 38.3 Å². The molecule has 0 radical (unpaired) electrons. The Bertz CT molecular complexity index is 678. The third-order valence-electron chi connectivity index (χ3n) is 4.14. The van der Waals surface area contributed by atoms with Crippen LogP contribution in [0.2, 0.25) is 0 Å². The molecule has 6 heteroatoms. The fraction of sp³-hybridized carbons (Fsp3) is 0.474. The number of rotatable bonds is 8. The molecule has 0 spiro atoms. The molecule has 1 N–H and O–H groups in total. The number of thiazole rings is 1.